The number of carbonyl (C=O) groups excluding carboxylic acids is 1. The van der Waals surface area contributed by atoms with Crippen molar-refractivity contribution in [1.29, 1.82) is 0 Å². The zero-order valence-corrected chi connectivity index (χ0v) is 9.79. The molecule has 1 saturated heterocycles. The van der Waals surface area contributed by atoms with Gasteiger partial charge in [0.2, 0.25) is 5.91 Å². The van der Waals surface area contributed by atoms with Crippen molar-refractivity contribution in [2.75, 3.05) is 11.4 Å². The normalized spacial score (nSPS) is 24.7. The van der Waals surface area contributed by atoms with Gasteiger partial charge in [0.15, 0.2) is 11.5 Å². The average molecular weight is 276 g/mol. The Hall–Kier alpha value is -1.56. The van der Waals surface area contributed by atoms with Gasteiger partial charge in [0, 0.05) is 13.0 Å². The van der Waals surface area contributed by atoms with Crippen LogP contribution in [0.3, 0.4) is 0 Å². The van der Waals surface area contributed by atoms with Gasteiger partial charge in [-0.2, -0.15) is 0 Å². The van der Waals surface area contributed by atoms with Gasteiger partial charge in [-0.15, -0.1) is 20.4 Å². The fourth-order valence-electron chi connectivity index (χ4n) is 2.06. The Labute approximate surface area is 106 Å². The molecule has 0 N–H and O–H groups in total. The molecule has 0 spiro atoms. The maximum absolute atomic E-state index is 13.0. The zero-order valence-electron chi connectivity index (χ0n) is 9.03. The molecular formula is C11H8ClF2NO3. The SMILES string of the molecule is O=C1CC(Cl)CN1c1cccc2c1OC(F)(F)O2. The number of amides is 1. The molecule has 2 aliphatic heterocycles. The first-order valence-corrected chi connectivity index (χ1v) is 5.73. The van der Waals surface area contributed by atoms with Crippen LogP contribution in [0.4, 0.5) is 14.5 Å². The van der Waals surface area contributed by atoms with Crippen LogP contribution in [-0.2, 0) is 4.79 Å². The third-order valence-corrected chi connectivity index (χ3v) is 3.07. The first-order chi connectivity index (χ1) is 8.46. The van der Waals surface area contributed by atoms with E-state index in [1.165, 1.54) is 23.1 Å². The molecule has 1 aromatic rings. The molecule has 1 unspecified atom stereocenters. The minimum absolute atomic E-state index is 0.0803. The third kappa shape index (κ3) is 1.77. The van der Waals surface area contributed by atoms with Crippen molar-refractivity contribution < 1.29 is 23.0 Å². The zero-order chi connectivity index (χ0) is 12.9. The van der Waals surface area contributed by atoms with Gasteiger partial charge in [0.1, 0.15) is 0 Å². The summed E-state index contributed by atoms with van der Waals surface area (Å²) in [4.78, 5) is 13.0. The number of halogens is 3. The second-order valence-electron chi connectivity index (χ2n) is 4.08. The number of fused-ring (bicyclic) bond motifs is 1. The summed E-state index contributed by atoms with van der Waals surface area (Å²) in [6, 6.07) is 4.41. The standard InChI is InChI=1S/C11H8ClF2NO3/c12-6-4-9(16)15(5-6)7-2-1-3-8-10(7)18-11(13,14)17-8/h1-3,6H,4-5H2. The van der Waals surface area contributed by atoms with E-state index in [-0.39, 0.29) is 41.4 Å². The van der Waals surface area contributed by atoms with Crippen LogP contribution >= 0.6 is 11.6 Å². The number of hydrogen-bond acceptors (Lipinski definition) is 3. The first-order valence-electron chi connectivity index (χ1n) is 5.29. The van der Waals surface area contributed by atoms with Gasteiger partial charge in [-0.3, -0.25) is 4.79 Å². The topological polar surface area (TPSA) is 38.8 Å². The van der Waals surface area contributed by atoms with Crippen LogP contribution in [0, 0.1) is 0 Å². The fourth-order valence-corrected chi connectivity index (χ4v) is 2.33. The molecular weight excluding hydrogens is 268 g/mol. The molecule has 18 heavy (non-hydrogen) atoms. The number of anilines is 1. The van der Waals surface area contributed by atoms with Crippen LogP contribution in [0.15, 0.2) is 18.2 Å². The lowest BCUT2D eigenvalue weighted by atomic mass is 10.2. The Morgan fingerprint density at radius 1 is 1.39 bits per heavy atom. The summed E-state index contributed by atoms with van der Waals surface area (Å²) in [7, 11) is 0. The smallest absolute Gasteiger partial charge is 0.395 e. The lowest BCUT2D eigenvalue weighted by Crippen LogP contribution is -2.27. The largest absolute Gasteiger partial charge is 0.586 e. The Morgan fingerprint density at radius 3 is 2.83 bits per heavy atom. The summed E-state index contributed by atoms with van der Waals surface area (Å²) < 4.78 is 34.8. The van der Waals surface area contributed by atoms with Gasteiger partial charge in [0.05, 0.1) is 11.1 Å². The fraction of sp³-hybridized carbons (Fsp3) is 0.364. The molecule has 4 nitrogen and oxygen atoms in total. The molecule has 1 atom stereocenters. The lowest BCUT2D eigenvalue weighted by Gasteiger charge is -2.17. The molecule has 1 fully saturated rings. The number of rotatable bonds is 1. The maximum atomic E-state index is 13.0. The molecule has 1 aromatic carbocycles. The van der Waals surface area contributed by atoms with E-state index in [9.17, 15) is 13.6 Å². The van der Waals surface area contributed by atoms with E-state index < -0.39 is 6.29 Å². The van der Waals surface area contributed by atoms with Crippen LogP contribution in [0.1, 0.15) is 6.42 Å². The van der Waals surface area contributed by atoms with Crippen molar-refractivity contribution in [1.82, 2.24) is 0 Å². The van der Waals surface area contributed by atoms with Crippen molar-refractivity contribution in [3.8, 4) is 11.5 Å². The van der Waals surface area contributed by atoms with Gasteiger partial charge < -0.3 is 14.4 Å². The summed E-state index contributed by atoms with van der Waals surface area (Å²) in [6.45, 7) is 0.270. The Morgan fingerprint density at radius 2 is 2.17 bits per heavy atom. The van der Waals surface area contributed by atoms with Crippen molar-refractivity contribution in [3.05, 3.63) is 18.2 Å². The molecule has 0 aliphatic carbocycles. The quantitative estimate of drug-likeness (QED) is 0.739. The van der Waals surface area contributed by atoms with E-state index in [1.807, 2.05) is 0 Å². The molecule has 3 rings (SSSR count). The number of ether oxygens (including phenoxy) is 2. The number of nitrogens with zero attached hydrogens (tertiary/aromatic N) is 1. The van der Waals surface area contributed by atoms with Crippen molar-refractivity contribution in [3.63, 3.8) is 0 Å². The summed E-state index contributed by atoms with van der Waals surface area (Å²) in [5.41, 5.74) is 0.262. The average Bonchev–Trinajstić information content (AvgIpc) is 2.75. The minimum Gasteiger partial charge on any atom is -0.395 e. The summed E-state index contributed by atoms with van der Waals surface area (Å²) in [6.07, 6.45) is -3.51. The van der Waals surface area contributed by atoms with Crippen LogP contribution in [0.25, 0.3) is 0 Å². The molecule has 7 heteroatoms. The highest BCUT2D eigenvalue weighted by atomic mass is 35.5. The van der Waals surface area contributed by atoms with Gasteiger partial charge in [-0.25, -0.2) is 0 Å². The van der Waals surface area contributed by atoms with Gasteiger partial charge in [0.25, 0.3) is 0 Å². The molecule has 0 saturated carbocycles. The number of alkyl halides is 3. The number of carbonyl (C=O) groups is 1. The molecule has 0 bridgehead atoms. The lowest BCUT2D eigenvalue weighted by molar-refractivity contribution is -0.286. The summed E-state index contributed by atoms with van der Waals surface area (Å²) in [5, 5.41) is -0.323. The van der Waals surface area contributed by atoms with Crippen LogP contribution in [0.2, 0.25) is 0 Å². The molecule has 0 aromatic heterocycles. The van der Waals surface area contributed by atoms with Gasteiger partial charge in [-0.1, -0.05) is 6.07 Å². The predicted octanol–water partition coefficient (Wildman–Crippen LogP) is 2.35. The van der Waals surface area contributed by atoms with E-state index in [0.29, 0.717) is 0 Å². The predicted molar refractivity (Wildman–Crippen MR) is 59.3 cm³/mol. The van der Waals surface area contributed by atoms with Crippen LogP contribution in [-0.4, -0.2) is 24.1 Å². The Bertz CT molecular complexity index is 523. The molecule has 96 valence electrons. The highest BCUT2D eigenvalue weighted by molar-refractivity contribution is 6.24. The molecule has 1 amide bonds. The monoisotopic (exact) mass is 275 g/mol. The number of benzene rings is 1. The van der Waals surface area contributed by atoms with Crippen LogP contribution < -0.4 is 14.4 Å². The Balaban J connectivity index is 2.01. The van der Waals surface area contributed by atoms with Crippen molar-refractivity contribution in [2.24, 2.45) is 0 Å². The second kappa shape index (κ2) is 3.71. The maximum Gasteiger partial charge on any atom is 0.586 e. The van der Waals surface area contributed by atoms with Gasteiger partial charge in [-0.05, 0) is 12.1 Å². The highest BCUT2D eigenvalue weighted by Gasteiger charge is 2.46. The Kier molecular flexibility index (Phi) is 2.38. The summed E-state index contributed by atoms with van der Waals surface area (Å²) >= 11 is 5.88. The van der Waals surface area contributed by atoms with Crippen LogP contribution in [0.5, 0.6) is 11.5 Å². The molecule has 2 aliphatic rings. The minimum atomic E-state index is -3.69. The summed E-state index contributed by atoms with van der Waals surface area (Å²) in [5.74, 6) is -0.424. The van der Waals surface area contributed by atoms with E-state index in [4.69, 9.17) is 11.6 Å². The highest BCUT2D eigenvalue weighted by Crippen LogP contribution is 2.47. The second-order valence-corrected chi connectivity index (χ2v) is 4.69. The van der Waals surface area contributed by atoms with E-state index >= 15 is 0 Å². The number of para-hydroxylation sites is 1. The third-order valence-electron chi connectivity index (χ3n) is 2.78. The van der Waals surface area contributed by atoms with E-state index in [1.54, 1.807) is 0 Å². The van der Waals surface area contributed by atoms with Crippen molar-refractivity contribution >= 4 is 23.2 Å². The van der Waals surface area contributed by atoms with E-state index in [0.717, 1.165) is 0 Å². The van der Waals surface area contributed by atoms with Gasteiger partial charge >= 0.3 is 6.29 Å². The first kappa shape index (κ1) is 11.5. The van der Waals surface area contributed by atoms with Crippen molar-refractivity contribution in [2.45, 2.75) is 18.1 Å². The molecule has 0 radical (unpaired) electrons. The van der Waals surface area contributed by atoms with E-state index in [2.05, 4.69) is 9.47 Å². The molecule has 2 heterocycles. The number of hydrogen-bond donors (Lipinski definition) is 0.